The summed E-state index contributed by atoms with van der Waals surface area (Å²) < 4.78 is 5.40. The van der Waals surface area contributed by atoms with Gasteiger partial charge in [-0.25, -0.2) is 9.97 Å². The SMILES string of the molecule is CN(Cc1cc(C2CC2)on1)c1cc(C2CC(N)C2)ncn1.Cl.Cl. The molecule has 0 spiro atoms. The number of hydrogen-bond acceptors (Lipinski definition) is 6. The van der Waals surface area contributed by atoms with E-state index in [1.54, 1.807) is 6.33 Å². The van der Waals surface area contributed by atoms with E-state index in [0.29, 0.717) is 24.4 Å². The van der Waals surface area contributed by atoms with Crippen LogP contribution in [0.4, 0.5) is 5.82 Å². The van der Waals surface area contributed by atoms with Crippen LogP contribution in [0.15, 0.2) is 23.0 Å². The molecule has 2 aromatic heterocycles. The summed E-state index contributed by atoms with van der Waals surface area (Å²) in [6.45, 7) is 0.691. The van der Waals surface area contributed by atoms with E-state index in [0.717, 1.165) is 35.8 Å². The van der Waals surface area contributed by atoms with Crippen molar-refractivity contribution in [1.82, 2.24) is 15.1 Å². The Balaban J connectivity index is 0.00000104. The molecule has 2 aliphatic carbocycles. The molecule has 2 fully saturated rings. The Morgan fingerprint density at radius 1 is 1.17 bits per heavy atom. The van der Waals surface area contributed by atoms with Crippen molar-refractivity contribution in [3.8, 4) is 0 Å². The largest absolute Gasteiger partial charge is 0.361 e. The van der Waals surface area contributed by atoms with Gasteiger partial charge in [-0.1, -0.05) is 5.16 Å². The van der Waals surface area contributed by atoms with Crippen molar-refractivity contribution in [3.63, 3.8) is 0 Å². The second kappa shape index (κ2) is 7.68. The van der Waals surface area contributed by atoms with E-state index in [2.05, 4.69) is 32.2 Å². The average molecular weight is 372 g/mol. The molecule has 0 bridgehead atoms. The van der Waals surface area contributed by atoms with E-state index in [1.807, 2.05) is 7.05 Å². The Morgan fingerprint density at radius 3 is 2.58 bits per heavy atom. The Labute approximate surface area is 154 Å². The summed E-state index contributed by atoms with van der Waals surface area (Å²) in [6.07, 6.45) is 6.14. The fraction of sp³-hybridized carbons (Fsp3) is 0.562. The van der Waals surface area contributed by atoms with E-state index in [9.17, 15) is 0 Å². The van der Waals surface area contributed by atoms with Crippen LogP contribution in [0.5, 0.6) is 0 Å². The molecule has 0 radical (unpaired) electrons. The zero-order valence-corrected chi connectivity index (χ0v) is 15.2. The summed E-state index contributed by atoms with van der Waals surface area (Å²) in [5, 5.41) is 4.16. The second-order valence-corrected chi connectivity index (χ2v) is 6.58. The van der Waals surface area contributed by atoms with Crippen LogP contribution in [0.25, 0.3) is 0 Å². The van der Waals surface area contributed by atoms with Crippen molar-refractivity contribution in [2.45, 2.75) is 50.1 Å². The van der Waals surface area contributed by atoms with Gasteiger partial charge in [0.1, 0.15) is 23.6 Å². The fourth-order valence-corrected chi connectivity index (χ4v) is 2.98. The highest BCUT2D eigenvalue weighted by Crippen LogP contribution is 2.40. The van der Waals surface area contributed by atoms with Gasteiger partial charge in [-0.2, -0.15) is 0 Å². The van der Waals surface area contributed by atoms with Gasteiger partial charge in [0.05, 0.1) is 6.54 Å². The van der Waals surface area contributed by atoms with Gasteiger partial charge in [-0.15, -0.1) is 24.8 Å². The van der Waals surface area contributed by atoms with Crippen LogP contribution in [-0.2, 0) is 6.54 Å². The topological polar surface area (TPSA) is 81.1 Å². The van der Waals surface area contributed by atoms with Gasteiger partial charge in [-0.3, -0.25) is 0 Å². The molecule has 132 valence electrons. The van der Waals surface area contributed by atoms with Crippen LogP contribution in [0.2, 0.25) is 0 Å². The Bertz CT molecular complexity index is 670. The average Bonchev–Trinajstić information content (AvgIpc) is 3.24. The van der Waals surface area contributed by atoms with Crippen LogP contribution >= 0.6 is 24.8 Å². The van der Waals surface area contributed by atoms with Crippen molar-refractivity contribution < 1.29 is 4.52 Å². The zero-order valence-electron chi connectivity index (χ0n) is 13.6. The lowest BCUT2D eigenvalue weighted by molar-refractivity contribution is 0.345. The quantitative estimate of drug-likeness (QED) is 0.869. The number of halogens is 2. The lowest BCUT2D eigenvalue weighted by Crippen LogP contribution is -2.35. The van der Waals surface area contributed by atoms with Crippen molar-refractivity contribution >= 4 is 30.6 Å². The Morgan fingerprint density at radius 2 is 1.92 bits per heavy atom. The molecule has 2 heterocycles. The number of anilines is 1. The first-order chi connectivity index (χ1) is 10.7. The molecule has 2 saturated carbocycles. The first-order valence-electron chi connectivity index (χ1n) is 7.93. The monoisotopic (exact) mass is 371 g/mol. The molecular formula is C16H23Cl2N5O. The molecule has 24 heavy (non-hydrogen) atoms. The minimum absolute atomic E-state index is 0. The van der Waals surface area contributed by atoms with Crippen LogP contribution in [0.1, 0.15) is 54.7 Å². The van der Waals surface area contributed by atoms with Gasteiger partial charge in [-0.05, 0) is 25.7 Å². The maximum absolute atomic E-state index is 5.87. The number of rotatable bonds is 5. The lowest BCUT2D eigenvalue weighted by Gasteiger charge is -2.32. The minimum atomic E-state index is 0. The Kier molecular flexibility index (Phi) is 6.06. The van der Waals surface area contributed by atoms with Crippen molar-refractivity contribution in [2.24, 2.45) is 5.73 Å². The highest BCUT2D eigenvalue weighted by molar-refractivity contribution is 5.85. The van der Waals surface area contributed by atoms with Crippen LogP contribution in [0.3, 0.4) is 0 Å². The summed E-state index contributed by atoms with van der Waals surface area (Å²) in [5.74, 6) is 3.02. The lowest BCUT2D eigenvalue weighted by atomic mass is 9.78. The molecule has 0 unspecified atom stereocenters. The summed E-state index contributed by atoms with van der Waals surface area (Å²) in [5.41, 5.74) is 7.91. The van der Waals surface area contributed by atoms with Crippen LogP contribution < -0.4 is 10.6 Å². The first-order valence-corrected chi connectivity index (χ1v) is 7.93. The second-order valence-electron chi connectivity index (χ2n) is 6.58. The molecule has 0 amide bonds. The number of aromatic nitrogens is 3. The van der Waals surface area contributed by atoms with Gasteiger partial charge < -0.3 is 15.2 Å². The molecule has 0 aliphatic heterocycles. The van der Waals surface area contributed by atoms with E-state index in [4.69, 9.17) is 10.3 Å². The molecule has 6 nitrogen and oxygen atoms in total. The van der Waals surface area contributed by atoms with Gasteiger partial charge in [0.15, 0.2) is 0 Å². The highest BCUT2D eigenvalue weighted by Gasteiger charge is 2.29. The van der Waals surface area contributed by atoms with E-state index >= 15 is 0 Å². The molecule has 0 atom stereocenters. The Hall–Kier alpha value is -1.37. The summed E-state index contributed by atoms with van der Waals surface area (Å²) >= 11 is 0. The fourth-order valence-electron chi connectivity index (χ4n) is 2.98. The molecule has 2 N–H and O–H groups in total. The summed E-state index contributed by atoms with van der Waals surface area (Å²) in [6, 6.07) is 4.47. The number of hydrogen-bond donors (Lipinski definition) is 1. The normalized spacial score (nSPS) is 22.1. The first kappa shape index (κ1) is 19.0. The van der Waals surface area contributed by atoms with Gasteiger partial charge in [0, 0.05) is 42.8 Å². The molecule has 4 rings (SSSR count). The van der Waals surface area contributed by atoms with Crippen molar-refractivity contribution in [3.05, 3.63) is 35.6 Å². The third-order valence-corrected chi connectivity index (χ3v) is 4.61. The number of nitrogens with zero attached hydrogens (tertiary/aromatic N) is 4. The summed E-state index contributed by atoms with van der Waals surface area (Å²) in [7, 11) is 2.02. The predicted octanol–water partition coefficient (Wildman–Crippen LogP) is 3.03. The van der Waals surface area contributed by atoms with E-state index in [1.165, 1.54) is 12.8 Å². The zero-order chi connectivity index (χ0) is 15.1. The van der Waals surface area contributed by atoms with Crippen molar-refractivity contribution in [1.29, 1.82) is 0 Å². The van der Waals surface area contributed by atoms with Crippen molar-refractivity contribution in [2.75, 3.05) is 11.9 Å². The predicted molar refractivity (Wildman–Crippen MR) is 97.1 cm³/mol. The molecule has 0 aromatic carbocycles. The molecule has 2 aromatic rings. The van der Waals surface area contributed by atoms with Gasteiger partial charge in [0.2, 0.25) is 0 Å². The van der Waals surface area contributed by atoms with Gasteiger partial charge in [0.25, 0.3) is 0 Å². The van der Waals surface area contributed by atoms with E-state index in [-0.39, 0.29) is 24.8 Å². The molecule has 0 saturated heterocycles. The molecular weight excluding hydrogens is 349 g/mol. The smallest absolute Gasteiger partial charge is 0.140 e. The van der Waals surface area contributed by atoms with E-state index < -0.39 is 0 Å². The highest BCUT2D eigenvalue weighted by atomic mass is 35.5. The maximum Gasteiger partial charge on any atom is 0.140 e. The number of nitrogens with two attached hydrogens (primary N) is 1. The van der Waals surface area contributed by atoms with Gasteiger partial charge >= 0.3 is 0 Å². The standard InChI is InChI=1S/C16H21N5O.2ClH/c1-21(8-13-6-15(22-20-13)10-2-3-10)16-7-14(18-9-19-16)11-4-12(17)5-11;;/h6-7,9-12H,2-5,8,17H2,1H3;2*1H. The summed E-state index contributed by atoms with van der Waals surface area (Å²) in [4.78, 5) is 10.8. The maximum atomic E-state index is 5.87. The van der Waals surface area contributed by atoms with Crippen LogP contribution in [-0.4, -0.2) is 28.2 Å². The van der Waals surface area contributed by atoms with Crippen LogP contribution in [0, 0.1) is 0 Å². The third-order valence-electron chi connectivity index (χ3n) is 4.61. The molecule has 2 aliphatic rings. The minimum Gasteiger partial charge on any atom is -0.361 e. The third kappa shape index (κ3) is 3.99. The molecule has 8 heteroatoms.